The highest BCUT2D eigenvalue weighted by Crippen LogP contribution is 2.22. The molecule has 3 rings (SSSR count). The normalized spacial score (nSPS) is 10.9. The number of nitrogens with zero attached hydrogens (tertiary/aromatic N) is 2. The van der Waals surface area contributed by atoms with Gasteiger partial charge < -0.3 is 5.32 Å². The van der Waals surface area contributed by atoms with Crippen LogP contribution in [0.2, 0.25) is 10.0 Å². The Hall–Kier alpha value is -2.04. The van der Waals surface area contributed by atoms with E-state index in [2.05, 4.69) is 10.4 Å². The van der Waals surface area contributed by atoms with Gasteiger partial charge in [-0.1, -0.05) is 41.4 Å². The Labute approximate surface area is 150 Å². The summed E-state index contributed by atoms with van der Waals surface area (Å²) in [5, 5.41) is 9.53. The first kappa shape index (κ1) is 16.8. The van der Waals surface area contributed by atoms with Gasteiger partial charge in [-0.15, -0.1) is 0 Å². The Kier molecular flexibility index (Phi) is 5.38. The van der Waals surface area contributed by atoms with Crippen LogP contribution >= 0.6 is 23.2 Å². The maximum atomic E-state index is 12.0. The van der Waals surface area contributed by atoms with E-state index in [1.165, 1.54) is 0 Å². The van der Waals surface area contributed by atoms with Gasteiger partial charge in [-0.2, -0.15) is 5.10 Å². The van der Waals surface area contributed by atoms with Gasteiger partial charge in [0, 0.05) is 23.4 Å². The van der Waals surface area contributed by atoms with E-state index in [4.69, 9.17) is 23.2 Å². The minimum atomic E-state index is 0.00893. The van der Waals surface area contributed by atoms with Gasteiger partial charge in [0.1, 0.15) is 0 Å². The molecule has 0 bridgehead atoms. The molecule has 0 radical (unpaired) electrons. The topological polar surface area (TPSA) is 46.9 Å². The fourth-order valence-electron chi connectivity index (χ4n) is 2.54. The SMILES string of the molecule is O=C(CCn1ncc2c(Cl)cccc21)NCCc1ccc(Cl)cc1. The molecule has 0 spiro atoms. The lowest BCUT2D eigenvalue weighted by molar-refractivity contribution is -0.121. The summed E-state index contributed by atoms with van der Waals surface area (Å²) in [6.07, 6.45) is 2.89. The minimum absolute atomic E-state index is 0.00893. The number of hydrogen-bond acceptors (Lipinski definition) is 2. The molecule has 1 aromatic heterocycles. The molecule has 0 atom stereocenters. The second-order valence-corrected chi connectivity index (χ2v) is 6.36. The number of nitrogens with one attached hydrogen (secondary N) is 1. The summed E-state index contributed by atoms with van der Waals surface area (Å²) in [5.41, 5.74) is 2.09. The number of benzene rings is 2. The van der Waals surface area contributed by atoms with Crippen LogP contribution in [-0.2, 0) is 17.8 Å². The number of halogens is 2. The summed E-state index contributed by atoms with van der Waals surface area (Å²) in [4.78, 5) is 12.0. The lowest BCUT2D eigenvalue weighted by Gasteiger charge is -2.07. The minimum Gasteiger partial charge on any atom is -0.356 e. The molecule has 3 aromatic rings. The van der Waals surface area contributed by atoms with Crippen LogP contribution in [0.1, 0.15) is 12.0 Å². The largest absolute Gasteiger partial charge is 0.356 e. The van der Waals surface area contributed by atoms with Crippen LogP contribution in [0, 0.1) is 0 Å². The van der Waals surface area contributed by atoms with E-state index in [0.717, 1.165) is 22.9 Å². The highest BCUT2D eigenvalue weighted by atomic mass is 35.5. The number of carbonyl (C=O) groups excluding carboxylic acids is 1. The smallest absolute Gasteiger partial charge is 0.221 e. The molecule has 1 heterocycles. The van der Waals surface area contributed by atoms with Crippen molar-refractivity contribution in [1.29, 1.82) is 0 Å². The molecule has 4 nitrogen and oxygen atoms in total. The van der Waals surface area contributed by atoms with Crippen LogP contribution in [-0.4, -0.2) is 22.2 Å². The quantitative estimate of drug-likeness (QED) is 0.718. The molecule has 2 aromatic carbocycles. The molecule has 0 saturated heterocycles. The van der Waals surface area contributed by atoms with Crippen LogP contribution in [0.25, 0.3) is 10.9 Å². The standard InChI is InChI=1S/C18H17Cl2N3O/c19-14-6-4-13(5-7-14)8-10-21-18(24)9-11-23-17-3-1-2-16(20)15(17)12-22-23/h1-7,12H,8-11H2,(H,21,24). The Morgan fingerprint density at radius 1 is 1.12 bits per heavy atom. The Balaban J connectivity index is 1.48. The molecule has 24 heavy (non-hydrogen) atoms. The molecule has 1 N–H and O–H groups in total. The number of aryl methyl sites for hydroxylation is 1. The van der Waals surface area contributed by atoms with Crippen LogP contribution in [0.3, 0.4) is 0 Å². The first-order valence-electron chi connectivity index (χ1n) is 7.74. The lowest BCUT2D eigenvalue weighted by atomic mass is 10.1. The van der Waals surface area contributed by atoms with Gasteiger partial charge in [0.25, 0.3) is 0 Å². The van der Waals surface area contributed by atoms with E-state index in [-0.39, 0.29) is 5.91 Å². The van der Waals surface area contributed by atoms with Crippen LogP contribution in [0.5, 0.6) is 0 Å². The molecule has 0 aliphatic rings. The number of rotatable bonds is 6. The van der Waals surface area contributed by atoms with Gasteiger partial charge in [-0.05, 0) is 36.2 Å². The summed E-state index contributed by atoms with van der Waals surface area (Å²) in [5.74, 6) is 0.00893. The summed E-state index contributed by atoms with van der Waals surface area (Å²) >= 11 is 12.0. The highest BCUT2D eigenvalue weighted by Gasteiger charge is 2.07. The van der Waals surface area contributed by atoms with Gasteiger partial charge in [0.05, 0.1) is 23.3 Å². The first-order chi connectivity index (χ1) is 11.6. The van der Waals surface area contributed by atoms with Crippen molar-refractivity contribution in [3.8, 4) is 0 Å². The molecule has 0 aliphatic heterocycles. The van der Waals surface area contributed by atoms with Crippen molar-refractivity contribution in [3.63, 3.8) is 0 Å². The van der Waals surface area contributed by atoms with E-state index in [1.807, 2.05) is 42.5 Å². The van der Waals surface area contributed by atoms with Crippen molar-refractivity contribution in [2.75, 3.05) is 6.54 Å². The van der Waals surface area contributed by atoms with Crippen LogP contribution < -0.4 is 5.32 Å². The number of aromatic nitrogens is 2. The predicted molar refractivity (Wildman–Crippen MR) is 97.5 cm³/mol. The first-order valence-corrected chi connectivity index (χ1v) is 8.50. The van der Waals surface area contributed by atoms with E-state index < -0.39 is 0 Å². The van der Waals surface area contributed by atoms with Gasteiger partial charge in [-0.25, -0.2) is 0 Å². The maximum absolute atomic E-state index is 12.0. The Morgan fingerprint density at radius 3 is 2.71 bits per heavy atom. The average Bonchev–Trinajstić information content (AvgIpc) is 2.99. The highest BCUT2D eigenvalue weighted by molar-refractivity contribution is 6.35. The van der Waals surface area contributed by atoms with E-state index in [1.54, 1.807) is 10.9 Å². The van der Waals surface area contributed by atoms with Crippen molar-refractivity contribution in [1.82, 2.24) is 15.1 Å². The second kappa shape index (κ2) is 7.69. The van der Waals surface area contributed by atoms with Crippen molar-refractivity contribution in [3.05, 3.63) is 64.3 Å². The van der Waals surface area contributed by atoms with E-state index >= 15 is 0 Å². The molecule has 0 fully saturated rings. The monoisotopic (exact) mass is 361 g/mol. The Bertz CT molecular complexity index is 843. The van der Waals surface area contributed by atoms with Gasteiger partial charge in [-0.3, -0.25) is 9.48 Å². The van der Waals surface area contributed by atoms with Crippen molar-refractivity contribution >= 4 is 40.0 Å². The molecular weight excluding hydrogens is 345 g/mol. The lowest BCUT2D eigenvalue weighted by Crippen LogP contribution is -2.26. The number of carbonyl (C=O) groups is 1. The van der Waals surface area contributed by atoms with Crippen molar-refractivity contribution in [2.24, 2.45) is 0 Å². The molecule has 1 amide bonds. The summed E-state index contributed by atoms with van der Waals surface area (Å²) in [7, 11) is 0. The summed E-state index contributed by atoms with van der Waals surface area (Å²) in [6.45, 7) is 1.13. The van der Waals surface area contributed by atoms with E-state index in [0.29, 0.717) is 29.6 Å². The third kappa shape index (κ3) is 4.08. The maximum Gasteiger partial charge on any atom is 0.221 e. The third-order valence-electron chi connectivity index (χ3n) is 3.83. The molecule has 0 unspecified atom stereocenters. The molecule has 6 heteroatoms. The second-order valence-electron chi connectivity index (χ2n) is 5.52. The molecule has 0 saturated carbocycles. The predicted octanol–water partition coefficient (Wildman–Crippen LogP) is 4.09. The fraction of sp³-hybridized carbons (Fsp3) is 0.222. The third-order valence-corrected chi connectivity index (χ3v) is 4.42. The molecular formula is C18H17Cl2N3O. The fourth-order valence-corrected chi connectivity index (χ4v) is 2.88. The zero-order valence-electron chi connectivity index (χ0n) is 13.0. The van der Waals surface area contributed by atoms with Crippen LogP contribution in [0.4, 0.5) is 0 Å². The van der Waals surface area contributed by atoms with Crippen molar-refractivity contribution < 1.29 is 4.79 Å². The summed E-state index contributed by atoms with van der Waals surface area (Å²) < 4.78 is 1.81. The number of hydrogen-bond donors (Lipinski definition) is 1. The Morgan fingerprint density at radius 2 is 1.92 bits per heavy atom. The molecule has 124 valence electrons. The summed E-state index contributed by atoms with van der Waals surface area (Å²) in [6, 6.07) is 13.3. The molecule has 0 aliphatic carbocycles. The van der Waals surface area contributed by atoms with Gasteiger partial charge >= 0.3 is 0 Å². The average molecular weight is 362 g/mol. The zero-order valence-corrected chi connectivity index (χ0v) is 14.5. The van der Waals surface area contributed by atoms with Crippen molar-refractivity contribution in [2.45, 2.75) is 19.4 Å². The van der Waals surface area contributed by atoms with Crippen LogP contribution in [0.15, 0.2) is 48.7 Å². The zero-order chi connectivity index (χ0) is 16.9. The number of fused-ring (bicyclic) bond motifs is 1. The number of amides is 1. The van der Waals surface area contributed by atoms with E-state index in [9.17, 15) is 4.79 Å². The van der Waals surface area contributed by atoms with Gasteiger partial charge in [0.15, 0.2) is 0 Å². The van der Waals surface area contributed by atoms with Gasteiger partial charge in [0.2, 0.25) is 5.91 Å².